The lowest BCUT2D eigenvalue weighted by Gasteiger charge is -2.23. The number of ether oxygens (including phenoxy) is 1. The summed E-state index contributed by atoms with van der Waals surface area (Å²) in [6.07, 6.45) is -0.446. The van der Waals surface area contributed by atoms with Crippen molar-refractivity contribution in [3.05, 3.63) is 35.9 Å². The summed E-state index contributed by atoms with van der Waals surface area (Å²) in [7, 11) is 0. The van der Waals surface area contributed by atoms with Crippen LogP contribution in [0, 0.1) is 0 Å². The molecule has 0 heterocycles. The van der Waals surface area contributed by atoms with Crippen molar-refractivity contribution in [2.24, 2.45) is 4.99 Å². The van der Waals surface area contributed by atoms with Crippen molar-refractivity contribution in [3.8, 4) is 0 Å². The van der Waals surface area contributed by atoms with Gasteiger partial charge in [0.05, 0.1) is 12.6 Å². The van der Waals surface area contributed by atoms with Crippen LogP contribution in [0.25, 0.3) is 0 Å². The third-order valence-electron chi connectivity index (χ3n) is 3.09. The van der Waals surface area contributed by atoms with Crippen molar-refractivity contribution in [2.45, 2.75) is 59.2 Å². The normalized spacial score (nSPS) is 12.8. The number of aliphatic imine (C=N–C) groups is 1. The number of nitrogens with zero attached hydrogens (tertiary/aromatic N) is 1. The summed E-state index contributed by atoms with van der Waals surface area (Å²) >= 11 is 0. The van der Waals surface area contributed by atoms with Crippen LogP contribution in [-0.4, -0.2) is 36.8 Å². The molecule has 0 saturated heterocycles. The molecule has 7 heteroatoms. The fourth-order valence-electron chi connectivity index (χ4n) is 2.15. The second kappa shape index (κ2) is 12.0. The van der Waals surface area contributed by atoms with Crippen LogP contribution in [0.4, 0.5) is 4.79 Å². The number of carbonyl (C=O) groups excluding carboxylic acids is 1. The molecule has 0 bridgehead atoms. The van der Waals surface area contributed by atoms with E-state index in [1.165, 1.54) is 0 Å². The lowest BCUT2D eigenvalue weighted by molar-refractivity contribution is 0.0505. The van der Waals surface area contributed by atoms with Gasteiger partial charge in [0.2, 0.25) is 0 Å². The van der Waals surface area contributed by atoms with Gasteiger partial charge in [-0.2, -0.15) is 0 Å². The topological polar surface area (TPSA) is 74.8 Å². The predicted octanol–water partition coefficient (Wildman–Crippen LogP) is 3.83. The molecule has 0 aliphatic carbocycles. The van der Waals surface area contributed by atoms with Gasteiger partial charge in [-0.1, -0.05) is 30.3 Å². The monoisotopic (exact) mass is 476 g/mol. The van der Waals surface area contributed by atoms with Gasteiger partial charge in [-0.05, 0) is 47.1 Å². The van der Waals surface area contributed by atoms with Crippen molar-refractivity contribution >= 4 is 36.0 Å². The molecule has 148 valence electrons. The summed E-state index contributed by atoms with van der Waals surface area (Å²) in [5.74, 6) is 0.726. The van der Waals surface area contributed by atoms with Gasteiger partial charge in [0.1, 0.15) is 5.60 Å². The van der Waals surface area contributed by atoms with Gasteiger partial charge in [-0.15, -0.1) is 24.0 Å². The molecule has 6 nitrogen and oxygen atoms in total. The largest absolute Gasteiger partial charge is 0.444 e. The molecule has 0 aromatic heterocycles. The number of amides is 1. The van der Waals surface area contributed by atoms with E-state index in [0.717, 1.165) is 18.1 Å². The number of rotatable bonds is 6. The summed E-state index contributed by atoms with van der Waals surface area (Å²) in [5.41, 5.74) is 0.445. The Bertz CT molecular complexity index is 556. The van der Waals surface area contributed by atoms with Crippen molar-refractivity contribution in [2.75, 3.05) is 13.1 Å². The summed E-state index contributed by atoms with van der Waals surface area (Å²) < 4.78 is 5.38. The predicted molar refractivity (Wildman–Crippen MR) is 118 cm³/mol. The quantitative estimate of drug-likeness (QED) is 0.332. The maximum absolute atomic E-state index is 12.2. The number of carbonyl (C=O) groups is 1. The van der Waals surface area contributed by atoms with Crippen LogP contribution in [-0.2, 0) is 4.74 Å². The molecular weight excluding hydrogens is 443 g/mol. The number of benzene rings is 1. The lowest BCUT2D eigenvalue weighted by atomic mass is 10.1. The van der Waals surface area contributed by atoms with E-state index in [4.69, 9.17) is 4.74 Å². The molecule has 1 unspecified atom stereocenters. The van der Waals surface area contributed by atoms with Gasteiger partial charge in [-0.25, -0.2) is 4.79 Å². The second-order valence-corrected chi connectivity index (χ2v) is 7.13. The van der Waals surface area contributed by atoms with Gasteiger partial charge in [-0.3, -0.25) is 4.99 Å². The number of hydrogen-bond donors (Lipinski definition) is 3. The van der Waals surface area contributed by atoms with Crippen molar-refractivity contribution in [3.63, 3.8) is 0 Å². The highest BCUT2D eigenvalue weighted by atomic mass is 127. The number of guanidine groups is 1. The SMILES string of the molecule is CCNC(=NCC(NC(=O)OC(C)(C)C)c1ccccc1)NC(C)C.I. The highest BCUT2D eigenvalue weighted by Crippen LogP contribution is 2.15. The summed E-state index contributed by atoms with van der Waals surface area (Å²) in [6.45, 7) is 12.8. The fourth-order valence-corrected chi connectivity index (χ4v) is 2.15. The Hall–Kier alpha value is -1.51. The first-order chi connectivity index (χ1) is 11.7. The molecule has 1 atom stereocenters. The fraction of sp³-hybridized carbons (Fsp3) is 0.579. The summed E-state index contributed by atoms with van der Waals surface area (Å²) in [4.78, 5) is 16.8. The average Bonchev–Trinajstić information content (AvgIpc) is 2.50. The van der Waals surface area contributed by atoms with Crippen LogP contribution in [0.1, 0.15) is 53.1 Å². The van der Waals surface area contributed by atoms with Crippen molar-refractivity contribution in [1.82, 2.24) is 16.0 Å². The first kappa shape index (κ1) is 24.5. The Balaban J connectivity index is 0.00000625. The second-order valence-electron chi connectivity index (χ2n) is 7.13. The van der Waals surface area contributed by atoms with E-state index in [2.05, 4.69) is 34.8 Å². The molecule has 1 aromatic carbocycles. The van der Waals surface area contributed by atoms with E-state index in [1.54, 1.807) is 0 Å². The van der Waals surface area contributed by atoms with Gasteiger partial charge in [0.15, 0.2) is 5.96 Å². The third kappa shape index (κ3) is 10.5. The number of nitrogens with one attached hydrogen (secondary N) is 3. The van der Waals surface area contributed by atoms with Crippen LogP contribution < -0.4 is 16.0 Å². The highest BCUT2D eigenvalue weighted by molar-refractivity contribution is 14.0. The summed E-state index contributed by atoms with van der Waals surface area (Å²) in [5, 5.41) is 9.40. The molecule has 0 aliphatic rings. The zero-order valence-corrected chi connectivity index (χ0v) is 19.0. The molecule has 0 radical (unpaired) electrons. The van der Waals surface area contributed by atoms with Gasteiger partial charge in [0.25, 0.3) is 0 Å². The first-order valence-electron chi connectivity index (χ1n) is 8.80. The molecule has 1 rings (SSSR count). The minimum atomic E-state index is -0.539. The van der Waals surface area contributed by atoms with Crippen molar-refractivity contribution in [1.29, 1.82) is 0 Å². The molecule has 0 saturated carbocycles. The number of halogens is 1. The standard InChI is InChI=1S/C19H32N4O2.HI/c1-7-20-17(22-14(2)3)21-13-16(15-11-9-8-10-12-15)23-18(24)25-19(4,5)6;/h8-12,14,16H,7,13H2,1-6H3,(H,23,24)(H2,20,21,22);1H. The van der Waals surface area contributed by atoms with E-state index >= 15 is 0 Å². The zero-order chi connectivity index (χ0) is 18.9. The molecule has 3 N–H and O–H groups in total. The number of alkyl carbamates (subject to hydrolysis) is 1. The minimum absolute atomic E-state index is 0. The molecule has 0 aliphatic heterocycles. The summed E-state index contributed by atoms with van der Waals surface area (Å²) in [6, 6.07) is 9.79. The molecular formula is C19H33IN4O2. The molecule has 0 spiro atoms. The molecule has 1 aromatic rings. The molecule has 26 heavy (non-hydrogen) atoms. The van der Waals surface area contributed by atoms with Crippen molar-refractivity contribution < 1.29 is 9.53 Å². The van der Waals surface area contributed by atoms with E-state index in [9.17, 15) is 4.79 Å². The highest BCUT2D eigenvalue weighted by Gasteiger charge is 2.20. The Labute approximate surface area is 174 Å². The minimum Gasteiger partial charge on any atom is -0.444 e. The van der Waals surface area contributed by atoms with E-state index in [0.29, 0.717) is 6.54 Å². The maximum atomic E-state index is 12.2. The Morgan fingerprint density at radius 1 is 1.15 bits per heavy atom. The molecule has 1 amide bonds. The Kier molecular flexibility index (Phi) is 11.3. The average molecular weight is 476 g/mol. The third-order valence-corrected chi connectivity index (χ3v) is 3.09. The first-order valence-corrected chi connectivity index (χ1v) is 8.80. The van der Waals surface area contributed by atoms with Gasteiger partial charge < -0.3 is 20.7 Å². The van der Waals surface area contributed by atoms with Gasteiger partial charge >= 0.3 is 6.09 Å². The number of hydrogen-bond acceptors (Lipinski definition) is 3. The zero-order valence-electron chi connectivity index (χ0n) is 16.6. The Morgan fingerprint density at radius 2 is 1.77 bits per heavy atom. The smallest absolute Gasteiger partial charge is 0.408 e. The van der Waals surface area contributed by atoms with Gasteiger partial charge in [0, 0.05) is 12.6 Å². The van der Waals surface area contributed by atoms with E-state index in [1.807, 2.05) is 58.0 Å². The van der Waals surface area contributed by atoms with Crippen LogP contribution in [0.15, 0.2) is 35.3 Å². The van der Waals surface area contributed by atoms with Crippen LogP contribution in [0.3, 0.4) is 0 Å². The lowest BCUT2D eigenvalue weighted by Crippen LogP contribution is -2.42. The van der Waals surface area contributed by atoms with Crippen LogP contribution in [0.2, 0.25) is 0 Å². The van der Waals surface area contributed by atoms with Crippen LogP contribution in [0.5, 0.6) is 0 Å². The maximum Gasteiger partial charge on any atom is 0.408 e. The van der Waals surface area contributed by atoms with E-state index in [-0.39, 0.29) is 36.1 Å². The van der Waals surface area contributed by atoms with Crippen LogP contribution >= 0.6 is 24.0 Å². The Morgan fingerprint density at radius 3 is 2.27 bits per heavy atom. The van der Waals surface area contributed by atoms with E-state index < -0.39 is 11.7 Å². The molecule has 0 fully saturated rings.